The second-order valence-electron chi connectivity index (χ2n) is 10.8. The molecule has 1 aliphatic carbocycles. The first-order valence-electron chi connectivity index (χ1n) is 13.2. The van der Waals surface area contributed by atoms with Gasteiger partial charge in [-0.15, -0.1) is 0 Å². The Balaban J connectivity index is 1.36. The van der Waals surface area contributed by atoms with Crippen LogP contribution >= 0.6 is 11.6 Å². The summed E-state index contributed by atoms with van der Waals surface area (Å²) in [5, 5.41) is 11.3. The Morgan fingerprint density at radius 3 is 2.62 bits per heavy atom. The molecule has 1 saturated carbocycles. The molecule has 2 aliphatic heterocycles. The number of aromatic hydroxyl groups is 1. The third-order valence-electron chi connectivity index (χ3n) is 7.95. The average Bonchev–Trinajstić information content (AvgIpc) is 3.71. The van der Waals surface area contributed by atoms with Crippen LogP contribution < -0.4 is 9.47 Å². The quantitative estimate of drug-likeness (QED) is 0.500. The molecule has 2 heterocycles. The zero-order chi connectivity index (χ0) is 26.0. The normalized spacial score (nSPS) is 24.5. The first-order valence-corrected chi connectivity index (χ1v) is 13.6. The topological polar surface area (TPSA) is 71.5 Å². The Bertz CT molecular complexity index is 1120. The number of carbonyl (C=O) groups excluding carboxylic acids is 1. The number of rotatable bonds is 9. The van der Waals surface area contributed by atoms with E-state index in [1.54, 1.807) is 20.3 Å². The van der Waals surface area contributed by atoms with Crippen LogP contribution in [0.5, 0.6) is 17.2 Å². The fraction of sp³-hybridized carbons (Fsp3) is 0.552. The van der Waals surface area contributed by atoms with Crippen molar-refractivity contribution < 1.29 is 24.1 Å². The van der Waals surface area contributed by atoms with Gasteiger partial charge >= 0.3 is 0 Å². The summed E-state index contributed by atoms with van der Waals surface area (Å²) in [4.78, 5) is 18.3. The van der Waals surface area contributed by atoms with E-state index in [-0.39, 0.29) is 17.8 Å². The van der Waals surface area contributed by atoms with Crippen LogP contribution in [-0.2, 0) is 22.6 Å². The monoisotopic (exact) mass is 528 g/mol. The average molecular weight is 529 g/mol. The van der Waals surface area contributed by atoms with E-state index in [1.807, 2.05) is 35.2 Å². The van der Waals surface area contributed by atoms with Crippen molar-refractivity contribution in [3.05, 3.63) is 52.5 Å². The highest BCUT2D eigenvalue weighted by molar-refractivity contribution is 6.30. The largest absolute Gasteiger partial charge is 0.507 e. The van der Waals surface area contributed by atoms with Gasteiger partial charge in [-0.1, -0.05) is 23.7 Å². The predicted molar refractivity (Wildman–Crippen MR) is 142 cm³/mol. The minimum Gasteiger partial charge on any atom is -0.507 e. The van der Waals surface area contributed by atoms with Crippen LogP contribution in [-0.4, -0.2) is 67.4 Å². The number of halogens is 1. The van der Waals surface area contributed by atoms with Crippen LogP contribution in [0.25, 0.3) is 0 Å². The van der Waals surface area contributed by atoms with Crippen molar-refractivity contribution in [2.24, 2.45) is 11.3 Å². The van der Waals surface area contributed by atoms with Gasteiger partial charge in [-0.3, -0.25) is 9.69 Å². The minimum atomic E-state index is -0.504. The summed E-state index contributed by atoms with van der Waals surface area (Å²) in [5.41, 5.74) is 1.28. The molecular formula is C29H37ClN2O5. The first-order chi connectivity index (χ1) is 17.9. The Hall–Kier alpha value is -2.48. The molecule has 37 heavy (non-hydrogen) atoms. The summed E-state index contributed by atoms with van der Waals surface area (Å²) < 4.78 is 17.2. The summed E-state index contributed by atoms with van der Waals surface area (Å²) in [6, 6.07) is 11.2. The Morgan fingerprint density at radius 1 is 1.11 bits per heavy atom. The fourth-order valence-corrected chi connectivity index (χ4v) is 6.11. The Labute approximate surface area is 224 Å². The van der Waals surface area contributed by atoms with Crippen molar-refractivity contribution in [2.75, 3.05) is 40.5 Å². The second-order valence-corrected chi connectivity index (χ2v) is 11.3. The lowest BCUT2D eigenvalue weighted by Gasteiger charge is -2.49. The van der Waals surface area contributed by atoms with Gasteiger partial charge in [-0.25, -0.2) is 0 Å². The number of phenolic OH excluding ortho intramolecular Hbond substituents is 1. The number of phenols is 1. The number of ether oxygens (including phenoxy) is 3. The number of amides is 1. The highest BCUT2D eigenvalue weighted by Crippen LogP contribution is 2.43. The predicted octanol–water partition coefficient (Wildman–Crippen LogP) is 4.87. The highest BCUT2D eigenvalue weighted by Gasteiger charge is 2.50. The zero-order valence-corrected chi connectivity index (χ0v) is 22.5. The zero-order valence-electron chi connectivity index (χ0n) is 21.7. The Kier molecular flexibility index (Phi) is 7.84. The van der Waals surface area contributed by atoms with Gasteiger partial charge in [0.25, 0.3) is 0 Å². The van der Waals surface area contributed by atoms with E-state index in [0.717, 1.165) is 43.5 Å². The number of benzene rings is 2. The van der Waals surface area contributed by atoms with Gasteiger partial charge < -0.3 is 24.2 Å². The molecule has 5 rings (SSSR count). The molecule has 0 bridgehead atoms. The van der Waals surface area contributed by atoms with Crippen molar-refractivity contribution in [2.45, 2.75) is 51.3 Å². The van der Waals surface area contributed by atoms with Gasteiger partial charge in [0.05, 0.1) is 25.7 Å². The number of carbonyl (C=O) groups is 1. The molecule has 200 valence electrons. The maximum Gasteiger partial charge on any atom is 0.230 e. The summed E-state index contributed by atoms with van der Waals surface area (Å²) in [5.74, 6) is 2.11. The number of likely N-dealkylation sites (tertiary alicyclic amines) is 2. The van der Waals surface area contributed by atoms with Gasteiger partial charge in [0, 0.05) is 49.4 Å². The molecule has 3 aliphatic rings. The SMILES string of the molecule is COc1cc(O)c(CN2CCC[C@]3(C[C@H](OCC4CC4)CN(Cc4cccc(Cl)c4)C3=O)C2)cc1OC. The highest BCUT2D eigenvalue weighted by atomic mass is 35.5. The van der Waals surface area contributed by atoms with E-state index in [0.29, 0.717) is 48.6 Å². The van der Waals surface area contributed by atoms with Crippen LogP contribution in [0.3, 0.4) is 0 Å². The van der Waals surface area contributed by atoms with E-state index in [4.69, 9.17) is 25.8 Å². The molecular weight excluding hydrogens is 492 g/mol. The van der Waals surface area contributed by atoms with Crippen molar-refractivity contribution in [3.63, 3.8) is 0 Å². The molecule has 0 unspecified atom stereocenters. The van der Waals surface area contributed by atoms with Gasteiger partial charge in [-0.2, -0.15) is 0 Å². The molecule has 2 aromatic carbocycles. The van der Waals surface area contributed by atoms with Gasteiger partial charge in [0.1, 0.15) is 5.75 Å². The summed E-state index contributed by atoms with van der Waals surface area (Å²) in [7, 11) is 3.14. The molecule has 0 aromatic heterocycles. The standard InChI is InChI=1S/C29H37ClN2O5/c1-35-26-12-22(25(33)13-27(26)36-2)16-31-10-4-9-29(19-31)14-24(37-18-20-7-8-20)17-32(28(29)34)15-21-5-3-6-23(30)11-21/h3,5-6,11-13,20,24,33H,4,7-10,14-19H2,1-2H3/t24-,29-/m0/s1. The molecule has 1 spiro atoms. The molecule has 2 saturated heterocycles. The van der Waals surface area contributed by atoms with Crippen molar-refractivity contribution >= 4 is 17.5 Å². The molecule has 3 fully saturated rings. The van der Waals surface area contributed by atoms with E-state index in [9.17, 15) is 9.90 Å². The molecule has 0 radical (unpaired) electrons. The minimum absolute atomic E-state index is 0.0203. The number of hydrogen-bond acceptors (Lipinski definition) is 6. The van der Waals surface area contributed by atoms with Crippen LogP contribution in [0.2, 0.25) is 5.02 Å². The summed E-state index contributed by atoms with van der Waals surface area (Å²) >= 11 is 6.24. The molecule has 2 atom stereocenters. The lowest BCUT2D eigenvalue weighted by Crippen LogP contribution is -2.59. The van der Waals surface area contributed by atoms with Crippen molar-refractivity contribution in [3.8, 4) is 17.2 Å². The molecule has 7 nitrogen and oxygen atoms in total. The lowest BCUT2D eigenvalue weighted by molar-refractivity contribution is -0.161. The fourth-order valence-electron chi connectivity index (χ4n) is 5.89. The van der Waals surface area contributed by atoms with Crippen LogP contribution in [0, 0.1) is 11.3 Å². The lowest BCUT2D eigenvalue weighted by atomic mass is 9.72. The van der Waals surface area contributed by atoms with E-state index in [1.165, 1.54) is 12.8 Å². The number of nitrogens with zero attached hydrogens (tertiary/aromatic N) is 2. The van der Waals surface area contributed by atoms with Gasteiger partial charge in [0.15, 0.2) is 11.5 Å². The third kappa shape index (κ3) is 6.00. The second kappa shape index (κ2) is 11.1. The van der Waals surface area contributed by atoms with Crippen molar-refractivity contribution in [1.82, 2.24) is 9.80 Å². The third-order valence-corrected chi connectivity index (χ3v) is 8.18. The number of piperidine rings is 2. The summed E-state index contributed by atoms with van der Waals surface area (Å²) in [6.07, 6.45) is 5.00. The molecule has 2 aromatic rings. The van der Waals surface area contributed by atoms with E-state index in [2.05, 4.69) is 4.90 Å². The molecule has 1 N–H and O–H groups in total. The number of methoxy groups -OCH3 is 2. The molecule has 8 heteroatoms. The van der Waals surface area contributed by atoms with Gasteiger partial charge in [-0.05, 0) is 68.3 Å². The van der Waals surface area contributed by atoms with E-state index < -0.39 is 5.41 Å². The maximum absolute atomic E-state index is 14.1. The van der Waals surface area contributed by atoms with Crippen molar-refractivity contribution in [1.29, 1.82) is 0 Å². The Morgan fingerprint density at radius 2 is 1.89 bits per heavy atom. The van der Waals surface area contributed by atoms with Crippen LogP contribution in [0.15, 0.2) is 36.4 Å². The van der Waals surface area contributed by atoms with Crippen LogP contribution in [0.1, 0.15) is 43.2 Å². The van der Waals surface area contributed by atoms with E-state index >= 15 is 0 Å². The van der Waals surface area contributed by atoms with Crippen LogP contribution in [0.4, 0.5) is 0 Å². The molecule has 1 amide bonds. The summed E-state index contributed by atoms with van der Waals surface area (Å²) in [6.45, 7) is 3.95. The maximum atomic E-state index is 14.1. The number of hydrogen-bond donors (Lipinski definition) is 1. The first kappa shape index (κ1) is 26.1. The van der Waals surface area contributed by atoms with Gasteiger partial charge in [0.2, 0.25) is 5.91 Å². The smallest absolute Gasteiger partial charge is 0.230 e.